The maximum absolute atomic E-state index is 4.01. The Kier molecular flexibility index (Phi) is 3.90. The van der Waals surface area contributed by atoms with E-state index in [1.807, 2.05) is 0 Å². The Morgan fingerprint density at radius 2 is 1.80 bits per heavy atom. The number of hydrogen-bond acceptors (Lipinski definition) is 1. The third-order valence-corrected chi connectivity index (χ3v) is 5.62. The van der Waals surface area contributed by atoms with Gasteiger partial charge in [-0.2, -0.15) is 0 Å². The number of benzene rings is 1. The summed E-state index contributed by atoms with van der Waals surface area (Å²) in [7, 11) is 0. The Hall–Kier alpha value is -0.820. The first-order valence-electron chi connectivity index (χ1n) is 8.44. The van der Waals surface area contributed by atoms with Gasteiger partial charge in [-0.05, 0) is 54.6 Å². The highest BCUT2D eigenvalue weighted by atomic mass is 15.0. The Morgan fingerprint density at radius 1 is 1.10 bits per heavy atom. The quantitative estimate of drug-likeness (QED) is 0.827. The van der Waals surface area contributed by atoms with E-state index in [4.69, 9.17) is 0 Å². The van der Waals surface area contributed by atoms with Crippen LogP contribution in [0.1, 0.15) is 70.0 Å². The van der Waals surface area contributed by atoms with E-state index in [0.29, 0.717) is 11.5 Å². The van der Waals surface area contributed by atoms with Gasteiger partial charge in [-0.25, -0.2) is 0 Å². The SMILES string of the molecule is CCC1CCC(NC2c3ccccc3CC2(C)C)CC1. The molecule has 1 nitrogen and oxygen atoms in total. The maximum atomic E-state index is 4.01. The summed E-state index contributed by atoms with van der Waals surface area (Å²) in [5, 5.41) is 4.01. The van der Waals surface area contributed by atoms with Crippen molar-refractivity contribution in [3.8, 4) is 0 Å². The molecule has 0 spiro atoms. The van der Waals surface area contributed by atoms with Crippen LogP contribution in [0.5, 0.6) is 0 Å². The van der Waals surface area contributed by atoms with Gasteiger partial charge in [-0.15, -0.1) is 0 Å². The van der Waals surface area contributed by atoms with Crippen molar-refractivity contribution < 1.29 is 0 Å². The van der Waals surface area contributed by atoms with Gasteiger partial charge in [0.2, 0.25) is 0 Å². The molecule has 0 bridgehead atoms. The molecular weight excluding hydrogens is 242 g/mol. The van der Waals surface area contributed by atoms with Crippen molar-refractivity contribution in [1.29, 1.82) is 0 Å². The first-order valence-corrected chi connectivity index (χ1v) is 8.44. The zero-order chi connectivity index (χ0) is 14.2. The molecule has 1 saturated carbocycles. The predicted octanol–water partition coefficient (Wildman–Crippen LogP) is 4.87. The van der Waals surface area contributed by atoms with Crippen LogP contribution >= 0.6 is 0 Å². The van der Waals surface area contributed by atoms with Crippen LogP contribution in [0.4, 0.5) is 0 Å². The van der Waals surface area contributed by atoms with Crippen LogP contribution in [0.3, 0.4) is 0 Å². The van der Waals surface area contributed by atoms with Gasteiger partial charge < -0.3 is 5.32 Å². The van der Waals surface area contributed by atoms with E-state index >= 15 is 0 Å². The average molecular weight is 271 g/mol. The summed E-state index contributed by atoms with van der Waals surface area (Å²) in [5.41, 5.74) is 3.46. The lowest BCUT2D eigenvalue weighted by molar-refractivity contribution is 0.206. The van der Waals surface area contributed by atoms with E-state index in [0.717, 1.165) is 12.0 Å². The molecule has 1 aromatic carbocycles. The zero-order valence-electron chi connectivity index (χ0n) is 13.3. The van der Waals surface area contributed by atoms with Crippen LogP contribution in [0.2, 0.25) is 0 Å². The highest BCUT2D eigenvalue weighted by Crippen LogP contribution is 2.45. The molecule has 1 N–H and O–H groups in total. The van der Waals surface area contributed by atoms with Gasteiger partial charge in [0.15, 0.2) is 0 Å². The van der Waals surface area contributed by atoms with E-state index < -0.39 is 0 Å². The normalized spacial score (nSPS) is 32.0. The van der Waals surface area contributed by atoms with Gasteiger partial charge in [-0.3, -0.25) is 0 Å². The molecule has 2 aliphatic rings. The fraction of sp³-hybridized carbons (Fsp3) is 0.684. The number of hydrogen-bond donors (Lipinski definition) is 1. The summed E-state index contributed by atoms with van der Waals surface area (Å²) < 4.78 is 0. The van der Waals surface area contributed by atoms with Gasteiger partial charge in [-0.1, -0.05) is 51.5 Å². The van der Waals surface area contributed by atoms with Gasteiger partial charge >= 0.3 is 0 Å². The van der Waals surface area contributed by atoms with Crippen LogP contribution < -0.4 is 5.32 Å². The van der Waals surface area contributed by atoms with E-state index in [1.165, 1.54) is 38.5 Å². The maximum Gasteiger partial charge on any atom is 0.0379 e. The fourth-order valence-electron chi connectivity index (χ4n) is 4.28. The minimum atomic E-state index is 0.352. The van der Waals surface area contributed by atoms with Gasteiger partial charge in [0.05, 0.1) is 0 Å². The molecule has 1 fully saturated rings. The summed E-state index contributed by atoms with van der Waals surface area (Å²) in [5.74, 6) is 0.983. The van der Waals surface area contributed by atoms with Crippen molar-refractivity contribution in [3.05, 3.63) is 35.4 Å². The molecular formula is C19H29N. The number of rotatable bonds is 3. The first-order chi connectivity index (χ1) is 9.60. The van der Waals surface area contributed by atoms with Crippen molar-refractivity contribution in [2.75, 3.05) is 0 Å². The summed E-state index contributed by atoms with van der Waals surface area (Å²) >= 11 is 0. The van der Waals surface area contributed by atoms with Crippen molar-refractivity contribution >= 4 is 0 Å². The van der Waals surface area contributed by atoms with Gasteiger partial charge in [0.1, 0.15) is 0 Å². The lowest BCUT2D eigenvalue weighted by atomic mass is 9.81. The standard InChI is InChI=1S/C19H29N/c1-4-14-9-11-16(12-10-14)20-18-17-8-6-5-7-15(17)13-19(18,2)3/h5-8,14,16,18,20H,4,9-13H2,1-3H3. The molecule has 1 aromatic rings. The van der Waals surface area contributed by atoms with Crippen LogP contribution in [0, 0.1) is 11.3 Å². The molecule has 0 radical (unpaired) electrons. The largest absolute Gasteiger partial charge is 0.307 e. The third-order valence-electron chi connectivity index (χ3n) is 5.62. The molecule has 3 rings (SSSR count). The minimum absolute atomic E-state index is 0.352. The summed E-state index contributed by atoms with van der Waals surface area (Å²) in [6.07, 6.45) is 8.15. The van der Waals surface area contributed by atoms with E-state index in [9.17, 15) is 0 Å². The molecule has 0 heterocycles. The van der Waals surface area contributed by atoms with Crippen LogP contribution in [0.15, 0.2) is 24.3 Å². The lowest BCUT2D eigenvalue weighted by Crippen LogP contribution is -2.40. The Bertz CT molecular complexity index is 455. The number of fused-ring (bicyclic) bond motifs is 1. The van der Waals surface area contributed by atoms with Crippen LogP contribution in [-0.2, 0) is 6.42 Å². The average Bonchev–Trinajstić information content (AvgIpc) is 2.70. The molecule has 0 saturated heterocycles. The summed E-state index contributed by atoms with van der Waals surface area (Å²) in [4.78, 5) is 0. The van der Waals surface area contributed by atoms with Crippen LogP contribution in [0.25, 0.3) is 0 Å². The predicted molar refractivity (Wildman–Crippen MR) is 85.8 cm³/mol. The molecule has 1 heteroatoms. The molecule has 1 unspecified atom stereocenters. The van der Waals surface area contributed by atoms with Gasteiger partial charge in [0, 0.05) is 12.1 Å². The highest BCUT2D eigenvalue weighted by molar-refractivity contribution is 5.37. The molecule has 110 valence electrons. The second-order valence-electron chi connectivity index (χ2n) is 7.59. The molecule has 2 aliphatic carbocycles. The van der Waals surface area contributed by atoms with Crippen molar-refractivity contribution in [2.24, 2.45) is 11.3 Å². The summed E-state index contributed by atoms with van der Waals surface area (Å²) in [6, 6.07) is 10.3. The van der Waals surface area contributed by atoms with E-state index in [1.54, 1.807) is 11.1 Å². The third kappa shape index (κ3) is 2.65. The molecule has 20 heavy (non-hydrogen) atoms. The summed E-state index contributed by atoms with van der Waals surface area (Å²) in [6.45, 7) is 7.18. The minimum Gasteiger partial charge on any atom is -0.307 e. The molecule has 0 aliphatic heterocycles. The topological polar surface area (TPSA) is 12.0 Å². The fourth-order valence-corrected chi connectivity index (χ4v) is 4.28. The second kappa shape index (κ2) is 5.52. The lowest BCUT2D eigenvalue weighted by Gasteiger charge is -2.36. The second-order valence-corrected chi connectivity index (χ2v) is 7.59. The molecule has 0 aromatic heterocycles. The molecule has 0 amide bonds. The van der Waals surface area contributed by atoms with Crippen molar-refractivity contribution in [1.82, 2.24) is 5.32 Å². The van der Waals surface area contributed by atoms with Crippen LogP contribution in [-0.4, -0.2) is 6.04 Å². The van der Waals surface area contributed by atoms with E-state index in [-0.39, 0.29) is 0 Å². The highest BCUT2D eigenvalue weighted by Gasteiger charge is 2.39. The first kappa shape index (κ1) is 14.1. The Morgan fingerprint density at radius 3 is 2.50 bits per heavy atom. The number of nitrogens with one attached hydrogen (secondary N) is 1. The Balaban J connectivity index is 1.70. The Labute approximate surface area is 124 Å². The van der Waals surface area contributed by atoms with E-state index in [2.05, 4.69) is 50.4 Å². The smallest absolute Gasteiger partial charge is 0.0379 e. The van der Waals surface area contributed by atoms with Gasteiger partial charge in [0.25, 0.3) is 0 Å². The molecule has 1 atom stereocenters. The zero-order valence-corrected chi connectivity index (χ0v) is 13.3. The van der Waals surface area contributed by atoms with Crippen molar-refractivity contribution in [2.45, 2.75) is 71.4 Å². The monoisotopic (exact) mass is 271 g/mol. The van der Waals surface area contributed by atoms with Crippen molar-refractivity contribution in [3.63, 3.8) is 0 Å².